The summed E-state index contributed by atoms with van der Waals surface area (Å²) in [6, 6.07) is 8.61. The van der Waals surface area contributed by atoms with Gasteiger partial charge in [0.25, 0.3) is 6.02 Å². The van der Waals surface area contributed by atoms with Crippen molar-refractivity contribution in [1.29, 1.82) is 0 Å². The topological polar surface area (TPSA) is 52.5 Å². The summed E-state index contributed by atoms with van der Waals surface area (Å²) >= 11 is 0. The molecule has 1 aromatic carbocycles. The van der Waals surface area contributed by atoms with E-state index in [4.69, 9.17) is 12.2 Å². The van der Waals surface area contributed by atoms with E-state index in [0.717, 1.165) is 5.69 Å². The van der Waals surface area contributed by atoms with E-state index in [2.05, 4.69) is 15.6 Å². The summed E-state index contributed by atoms with van der Waals surface area (Å²) in [6.45, 7) is 0.552. The Bertz CT molecular complexity index is 819. The predicted molar refractivity (Wildman–Crippen MR) is 83.6 cm³/mol. The van der Waals surface area contributed by atoms with E-state index in [-0.39, 0.29) is 6.02 Å². The Morgan fingerprint density at radius 1 is 1.39 bits per heavy atom. The lowest BCUT2D eigenvalue weighted by Gasteiger charge is -2.36. The summed E-state index contributed by atoms with van der Waals surface area (Å²) in [4.78, 5) is 3.85. The van der Waals surface area contributed by atoms with Gasteiger partial charge in [0, 0.05) is 29.2 Å². The van der Waals surface area contributed by atoms with Crippen molar-refractivity contribution in [3.8, 4) is 18.0 Å². The van der Waals surface area contributed by atoms with Crippen LogP contribution >= 0.6 is 0 Å². The molecule has 6 heteroatoms. The Kier molecular flexibility index (Phi) is 3.37. The van der Waals surface area contributed by atoms with Gasteiger partial charge in [0.2, 0.25) is 0 Å². The average molecular weight is 315 g/mol. The minimum absolute atomic E-state index is 0.236. The summed E-state index contributed by atoms with van der Waals surface area (Å²) < 4.78 is 35.0. The second-order valence-corrected chi connectivity index (χ2v) is 5.52. The first-order valence-corrected chi connectivity index (χ1v) is 6.97. The predicted octanol–water partition coefficient (Wildman–Crippen LogP) is 2.65. The molecule has 0 spiro atoms. The molecule has 4 nitrogen and oxygen atoms in total. The molecule has 3 rings (SSSR count). The van der Waals surface area contributed by atoms with Crippen molar-refractivity contribution in [2.45, 2.75) is 18.4 Å². The number of hydrogen-bond acceptors (Lipinski definition) is 3. The molecule has 23 heavy (non-hydrogen) atoms. The molecule has 118 valence electrons. The zero-order valence-corrected chi connectivity index (χ0v) is 12.5. The number of aliphatic imine (C=N–C) groups is 1. The zero-order chi connectivity index (χ0) is 16.7. The molecule has 2 heterocycles. The van der Waals surface area contributed by atoms with Crippen molar-refractivity contribution in [2.24, 2.45) is 10.7 Å². The van der Waals surface area contributed by atoms with Gasteiger partial charge >= 0.3 is 5.92 Å². The number of nitrogens with two attached hydrogens (primary N) is 1. The van der Waals surface area contributed by atoms with Crippen LogP contribution in [0.1, 0.15) is 18.1 Å². The third-order valence-electron chi connectivity index (χ3n) is 4.01. The third-order valence-corrected chi connectivity index (χ3v) is 4.01. The van der Waals surface area contributed by atoms with Crippen LogP contribution in [0.3, 0.4) is 0 Å². The summed E-state index contributed by atoms with van der Waals surface area (Å²) in [5.74, 6) is -0.619. The van der Waals surface area contributed by atoms with Crippen molar-refractivity contribution in [1.82, 2.24) is 4.57 Å². The second-order valence-electron chi connectivity index (χ2n) is 5.52. The number of terminal acetylenes is 1. The first-order valence-electron chi connectivity index (χ1n) is 6.97. The Morgan fingerprint density at radius 2 is 2.17 bits per heavy atom. The molecule has 1 atom stereocenters. The molecule has 0 bridgehead atoms. The number of amidine groups is 1. The molecular formula is C17H15F2N3O. The van der Waals surface area contributed by atoms with Crippen molar-refractivity contribution in [3.63, 3.8) is 0 Å². The fourth-order valence-corrected chi connectivity index (χ4v) is 2.52. The Labute approximate surface area is 132 Å². The summed E-state index contributed by atoms with van der Waals surface area (Å²) in [5, 5.41) is 0. The highest BCUT2D eigenvalue weighted by Gasteiger charge is 2.55. The lowest BCUT2D eigenvalue weighted by molar-refractivity contribution is -0.116. The van der Waals surface area contributed by atoms with Crippen LogP contribution in [0.4, 0.5) is 8.78 Å². The number of hydrogen-bond donors (Lipinski definition) is 1. The van der Waals surface area contributed by atoms with Gasteiger partial charge in [-0.25, -0.2) is 4.99 Å². The van der Waals surface area contributed by atoms with Gasteiger partial charge < -0.3 is 15.0 Å². The minimum Gasteiger partial charge on any atom is -0.459 e. The maximum absolute atomic E-state index is 14.3. The van der Waals surface area contributed by atoms with E-state index in [0.29, 0.717) is 11.1 Å². The zero-order valence-electron chi connectivity index (χ0n) is 12.5. The molecule has 0 amide bonds. The number of alkyl halides is 2. The van der Waals surface area contributed by atoms with Crippen molar-refractivity contribution >= 4 is 6.02 Å². The van der Waals surface area contributed by atoms with Gasteiger partial charge in [-0.1, -0.05) is 12.0 Å². The van der Waals surface area contributed by atoms with Gasteiger partial charge in [-0.15, -0.1) is 6.42 Å². The highest BCUT2D eigenvalue weighted by Crippen LogP contribution is 2.43. The Hall–Kier alpha value is -2.81. The van der Waals surface area contributed by atoms with Crippen LogP contribution in [-0.2, 0) is 10.3 Å². The van der Waals surface area contributed by atoms with Gasteiger partial charge in [0.1, 0.15) is 0 Å². The van der Waals surface area contributed by atoms with Crippen LogP contribution < -0.4 is 5.73 Å². The normalized spacial score (nSPS) is 22.8. The van der Waals surface area contributed by atoms with Crippen LogP contribution in [0.25, 0.3) is 5.69 Å². The minimum atomic E-state index is -3.16. The molecule has 0 radical (unpaired) electrons. The standard InChI is InChI=1S/C17H15F2N3O/c1-3-12-5-4-6-14(9-12)22-8-7-13(10-22)16(2)17(18,19)11-23-15(20)21-16/h1,4-10H,11H2,2H3,(H2,20,21)/t16-/m1/s1. The highest BCUT2D eigenvalue weighted by molar-refractivity contribution is 5.73. The molecular weight excluding hydrogens is 300 g/mol. The lowest BCUT2D eigenvalue weighted by Crippen LogP contribution is -2.50. The Morgan fingerprint density at radius 3 is 2.91 bits per heavy atom. The van der Waals surface area contributed by atoms with E-state index >= 15 is 0 Å². The van der Waals surface area contributed by atoms with Gasteiger partial charge in [-0.2, -0.15) is 8.78 Å². The number of aromatic nitrogens is 1. The Balaban J connectivity index is 2.04. The molecule has 0 saturated carbocycles. The van der Waals surface area contributed by atoms with Crippen LogP contribution in [-0.4, -0.2) is 23.1 Å². The monoisotopic (exact) mass is 315 g/mol. The van der Waals surface area contributed by atoms with Gasteiger partial charge in [0.05, 0.1) is 0 Å². The molecule has 0 saturated heterocycles. The largest absolute Gasteiger partial charge is 0.459 e. The number of halogens is 2. The van der Waals surface area contributed by atoms with Gasteiger partial charge in [-0.3, -0.25) is 0 Å². The van der Waals surface area contributed by atoms with Gasteiger partial charge in [-0.05, 0) is 31.2 Å². The van der Waals surface area contributed by atoms with Crippen LogP contribution in [0.5, 0.6) is 0 Å². The fourth-order valence-electron chi connectivity index (χ4n) is 2.52. The molecule has 1 aliphatic heterocycles. The number of benzene rings is 1. The van der Waals surface area contributed by atoms with Crippen molar-refractivity contribution in [3.05, 3.63) is 53.9 Å². The number of rotatable bonds is 2. The van der Waals surface area contributed by atoms with E-state index in [1.54, 1.807) is 35.2 Å². The quantitative estimate of drug-likeness (QED) is 0.866. The maximum Gasteiger partial charge on any atom is 0.310 e. The van der Waals surface area contributed by atoms with Crippen LogP contribution in [0.2, 0.25) is 0 Å². The summed E-state index contributed by atoms with van der Waals surface area (Å²) in [5.41, 5.74) is 5.55. The summed E-state index contributed by atoms with van der Waals surface area (Å²) in [7, 11) is 0. The fraction of sp³-hybridized carbons (Fsp3) is 0.235. The smallest absolute Gasteiger partial charge is 0.310 e. The van der Waals surface area contributed by atoms with Crippen LogP contribution in [0.15, 0.2) is 47.7 Å². The maximum atomic E-state index is 14.3. The number of ether oxygens (including phenoxy) is 1. The van der Waals surface area contributed by atoms with E-state index < -0.39 is 18.1 Å². The van der Waals surface area contributed by atoms with E-state index in [1.807, 2.05) is 12.1 Å². The van der Waals surface area contributed by atoms with Gasteiger partial charge in [0.15, 0.2) is 12.1 Å². The average Bonchev–Trinajstić information content (AvgIpc) is 3.02. The van der Waals surface area contributed by atoms with E-state index in [1.165, 1.54) is 6.92 Å². The molecule has 2 aromatic rings. The first-order chi connectivity index (χ1) is 10.9. The van der Waals surface area contributed by atoms with E-state index in [9.17, 15) is 8.78 Å². The molecule has 2 N–H and O–H groups in total. The first kappa shape index (κ1) is 15.1. The molecule has 0 unspecified atom stereocenters. The summed E-state index contributed by atoms with van der Waals surface area (Å²) in [6.07, 6.45) is 8.68. The van der Waals surface area contributed by atoms with Crippen LogP contribution in [0, 0.1) is 12.3 Å². The molecule has 1 aliphatic rings. The molecule has 0 aliphatic carbocycles. The SMILES string of the molecule is C#Cc1cccc(-n2ccc([C@@]3(C)N=C(N)OCC3(F)F)c2)c1. The van der Waals surface area contributed by atoms with Crippen molar-refractivity contribution in [2.75, 3.05) is 6.61 Å². The second kappa shape index (κ2) is 5.13. The lowest BCUT2D eigenvalue weighted by atomic mass is 9.87. The molecule has 1 aromatic heterocycles. The molecule has 0 fully saturated rings. The third kappa shape index (κ3) is 2.44. The highest BCUT2D eigenvalue weighted by atomic mass is 19.3. The van der Waals surface area contributed by atoms with Crippen molar-refractivity contribution < 1.29 is 13.5 Å². The number of nitrogens with zero attached hydrogens (tertiary/aromatic N) is 2.